The number of hydrogen-bond acceptors (Lipinski definition) is 7. The van der Waals surface area contributed by atoms with Gasteiger partial charge in [-0.1, -0.05) is 74.0 Å². The van der Waals surface area contributed by atoms with E-state index in [4.69, 9.17) is 14.2 Å². The maximum absolute atomic E-state index is 14.7. The maximum atomic E-state index is 14.7. The van der Waals surface area contributed by atoms with Crippen LogP contribution in [0.4, 0.5) is 5.69 Å². The zero-order valence-electron chi connectivity index (χ0n) is 29.6. The van der Waals surface area contributed by atoms with Gasteiger partial charge in [0.1, 0.15) is 18.3 Å². The van der Waals surface area contributed by atoms with Crippen LogP contribution in [0.1, 0.15) is 37.5 Å². The standard InChI is InChI=1S/C39H47N3O7S/c1-7-49-33-18-16-32(17-19-33)42(50(45,46)34-20-21-36(47-5)37(24-34)48-6)27-38(43)41(26-31-15-11-12-29(4)22-31)35(39(44)40-25-28(2)3)23-30-13-9-8-10-14-30/h8-22,24,28,35H,7,23,25-27H2,1-6H3,(H,40,44). The van der Waals surface area contributed by atoms with Crippen molar-refractivity contribution in [2.45, 2.75) is 51.6 Å². The molecule has 266 valence electrons. The van der Waals surface area contributed by atoms with Crippen molar-refractivity contribution in [3.05, 3.63) is 114 Å². The summed E-state index contributed by atoms with van der Waals surface area (Å²) in [5, 5.41) is 3.01. The number of aryl methyl sites for hydroxylation is 1. The molecule has 0 aliphatic rings. The second kappa shape index (κ2) is 17.6. The second-order valence-electron chi connectivity index (χ2n) is 12.3. The van der Waals surface area contributed by atoms with Gasteiger partial charge >= 0.3 is 0 Å². The Labute approximate surface area is 296 Å². The molecule has 2 amide bonds. The molecule has 0 saturated heterocycles. The molecule has 0 fully saturated rings. The highest BCUT2D eigenvalue weighted by Gasteiger charge is 2.35. The summed E-state index contributed by atoms with van der Waals surface area (Å²) in [5.74, 6) is 0.438. The van der Waals surface area contributed by atoms with Crippen molar-refractivity contribution in [3.8, 4) is 17.2 Å². The highest BCUT2D eigenvalue weighted by atomic mass is 32.2. The number of nitrogens with one attached hydrogen (secondary N) is 1. The van der Waals surface area contributed by atoms with Crippen molar-refractivity contribution >= 4 is 27.5 Å². The van der Waals surface area contributed by atoms with Crippen molar-refractivity contribution in [2.24, 2.45) is 5.92 Å². The van der Waals surface area contributed by atoms with Gasteiger partial charge in [0.05, 0.1) is 31.4 Å². The third-order valence-corrected chi connectivity index (χ3v) is 9.82. The molecule has 4 rings (SSSR count). The van der Waals surface area contributed by atoms with Gasteiger partial charge in [-0.05, 0) is 67.3 Å². The van der Waals surface area contributed by atoms with Crippen LogP contribution in [0, 0.1) is 12.8 Å². The van der Waals surface area contributed by atoms with Crippen molar-refractivity contribution in [1.82, 2.24) is 10.2 Å². The van der Waals surface area contributed by atoms with Crippen LogP contribution < -0.4 is 23.8 Å². The average molecular weight is 702 g/mol. The van der Waals surface area contributed by atoms with Crippen molar-refractivity contribution in [2.75, 3.05) is 38.2 Å². The van der Waals surface area contributed by atoms with E-state index in [1.165, 1.54) is 37.3 Å². The topological polar surface area (TPSA) is 114 Å². The number of ether oxygens (including phenoxy) is 3. The van der Waals surface area contributed by atoms with Crippen molar-refractivity contribution < 1.29 is 32.2 Å². The lowest BCUT2D eigenvalue weighted by atomic mass is 10.0. The molecule has 1 unspecified atom stereocenters. The Kier molecular flexibility index (Phi) is 13.3. The number of methoxy groups -OCH3 is 2. The third kappa shape index (κ3) is 9.78. The molecule has 1 N–H and O–H groups in total. The minimum absolute atomic E-state index is 0.0840. The van der Waals surface area contributed by atoms with E-state index in [1.807, 2.05) is 82.3 Å². The van der Waals surface area contributed by atoms with Gasteiger partial charge in [0.25, 0.3) is 10.0 Å². The van der Waals surface area contributed by atoms with Gasteiger partial charge in [-0.25, -0.2) is 8.42 Å². The Morgan fingerprint density at radius 1 is 0.820 bits per heavy atom. The van der Waals surface area contributed by atoms with Gasteiger partial charge in [0.2, 0.25) is 11.8 Å². The van der Waals surface area contributed by atoms with E-state index in [2.05, 4.69) is 5.32 Å². The van der Waals surface area contributed by atoms with Gasteiger partial charge in [0.15, 0.2) is 11.5 Å². The lowest BCUT2D eigenvalue weighted by molar-refractivity contribution is -0.140. The van der Waals surface area contributed by atoms with E-state index >= 15 is 0 Å². The number of carbonyl (C=O) groups excluding carboxylic acids is 2. The van der Waals surface area contributed by atoms with Gasteiger partial charge < -0.3 is 24.4 Å². The average Bonchev–Trinajstić information content (AvgIpc) is 3.11. The molecule has 0 bridgehead atoms. The summed E-state index contributed by atoms with van der Waals surface area (Å²) < 4.78 is 46.4. The molecule has 0 radical (unpaired) electrons. The molecular weight excluding hydrogens is 655 g/mol. The fourth-order valence-corrected chi connectivity index (χ4v) is 6.92. The minimum atomic E-state index is -4.36. The van der Waals surface area contributed by atoms with Crippen LogP contribution >= 0.6 is 0 Å². The van der Waals surface area contributed by atoms with E-state index in [0.717, 1.165) is 21.0 Å². The molecule has 0 heterocycles. The second-order valence-corrected chi connectivity index (χ2v) is 14.2. The number of nitrogens with zero attached hydrogens (tertiary/aromatic N) is 2. The van der Waals surface area contributed by atoms with Crippen LogP contribution in [0.25, 0.3) is 0 Å². The summed E-state index contributed by atoms with van der Waals surface area (Å²) in [7, 11) is -1.48. The predicted molar refractivity (Wildman–Crippen MR) is 195 cm³/mol. The molecule has 0 spiro atoms. The molecule has 4 aromatic carbocycles. The summed E-state index contributed by atoms with van der Waals surface area (Å²) in [6.45, 7) is 8.15. The zero-order valence-corrected chi connectivity index (χ0v) is 30.4. The van der Waals surface area contributed by atoms with Crippen LogP contribution in [0.3, 0.4) is 0 Å². The number of carbonyl (C=O) groups is 2. The van der Waals surface area contributed by atoms with E-state index in [1.54, 1.807) is 24.3 Å². The quantitative estimate of drug-likeness (QED) is 0.143. The monoisotopic (exact) mass is 701 g/mol. The number of benzene rings is 4. The molecule has 0 saturated carbocycles. The number of amides is 2. The van der Waals surface area contributed by atoms with E-state index in [0.29, 0.717) is 24.7 Å². The number of anilines is 1. The van der Waals surface area contributed by atoms with E-state index in [9.17, 15) is 18.0 Å². The largest absolute Gasteiger partial charge is 0.494 e. The van der Waals surface area contributed by atoms with Gasteiger partial charge in [-0.3, -0.25) is 13.9 Å². The Hall–Kier alpha value is -5.03. The van der Waals surface area contributed by atoms with Gasteiger partial charge in [0, 0.05) is 25.6 Å². The van der Waals surface area contributed by atoms with E-state index < -0.39 is 28.5 Å². The lowest BCUT2D eigenvalue weighted by Gasteiger charge is -2.34. The fourth-order valence-electron chi connectivity index (χ4n) is 5.49. The van der Waals surface area contributed by atoms with Crippen LogP contribution in [0.15, 0.2) is 102 Å². The first-order valence-corrected chi connectivity index (χ1v) is 18.0. The summed E-state index contributed by atoms with van der Waals surface area (Å²) in [6, 6.07) is 27.0. The fraction of sp³-hybridized carbons (Fsp3) is 0.333. The first-order chi connectivity index (χ1) is 24.0. The Bertz CT molecular complexity index is 1830. The number of rotatable bonds is 17. The third-order valence-electron chi connectivity index (χ3n) is 8.05. The Morgan fingerprint density at radius 2 is 1.50 bits per heavy atom. The summed E-state index contributed by atoms with van der Waals surface area (Å²) >= 11 is 0. The summed E-state index contributed by atoms with van der Waals surface area (Å²) in [6.07, 6.45) is 0.230. The normalized spacial score (nSPS) is 11.8. The first-order valence-electron chi connectivity index (χ1n) is 16.6. The van der Waals surface area contributed by atoms with Crippen LogP contribution in [-0.2, 0) is 32.6 Å². The van der Waals surface area contributed by atoms with Crippen LogP contribution in [0.5, 0.6) is 17.2 Å². The van der Waals surface area contributed by atoms with Gasteiger partial charge in [-0.2, -0.15) is 0 Å². The molecule has 1 atom stereocenters. The van der Waals surface area contributed by atoms with E-state index in [-0.39, 0.29) is 41.1 Å². The SMILES string of the molecule is CCOc1ccc(N(CC(=O)N(Cc2cccc(C)c2)C(Cc2ccccc2)C(=O)NCC(C)C)S(=O)(=O)c2ccc(OC)c(OC)c2)cc1. The maximum Gasteiger partial charge on any atom is 0.264 e. The molecule has 4 aromatic rings. The smallest absolute Gasteiger partial charge is 0.264 e. The molecule has 0 aliphatic heterocycles. The first kappa shape index (κ1) is 37.8. The predicted octanol–water partition coefficient (Wildman–Crippen LogP) is 6.02. The highest BCUT2D eigenvalue weighted by molar-refractivity contribution is 7.92. The lowest BCUT2D eigenvalue weighted by Crippen LogP contribution is -2.53. The minimum Gasteiger partial charge on any atom is -0.494 e. The Balaban J connectivity index is 1.83. The summed E-state index contributed by atoms with van der Waals surface area (Å²) in [4.78, 5) is 30.1. The van der Waals surface area contributed by atoms with Crippen LogP contribution in [-0.4, -0.2) is 65.1 Å². The molecule has 0 aliphatic carbocycles. The Morgan fingerprint density at radius 3 is 2.12 bits per heavy atom. The molecule has 0 aromatic heterocycles. The highest BCUT2D eigenvalue weighted by Crippen LogP contribution is 2.33. The summed E-state index contributed by atoms with van der Waals surface area (Å²) in [5.41, 5.74) is 2.91. The number of hydrogen-bond donors (Lipinski definition) is 1. The van der Waals surface area contributed by atoms with Crippen molar-refractivity contribution in [1.29, 1.82) is 0 Å². The molecule has 10 nitrogen and oxygen atoms in total. The zero-order chi connectivity index (χ0) is 36.3. The van der Waals surface area contributed by atoms with Crippen LogP contribution in [0.2, 0.25) is 0 Å². The molecule has 50 heavy (non-hydrogen) atoms. The van der Waals surface area contributed by atoms with Crippen molar-refractivity contribution in [3.63, 3.8) is 0 Å². The molecule has 11 heteroatoms. The number of sulfonamides is 1. The molecular formula is C39H47N3O7S. The van der Waals surface area contributed by atoms with Gasteiger partial charge in [-0.15, -0.1) is 0 Å².